The number of aliphatic hydroxyl groups excluding tert-OH is 2. The Morgan fingerprint density at radius 3 is 1.70 bits per heavy atom. The molecule has 0 spiro atoms. The average Bonchev–Trinajstić information content (AvgIpc) is 3.14. The van der Waals surface area contributed by atoms with Gasteiger partial charge in [0.05, 0.1) is 19.1 Å². The highest BCUT2D eigenvalue weighted by Crippen LogP contribution is 2.38. The van der Waals surface area contributed by atoms with Gasteiger partial charge in [0, 0.05) is 5.57 Å². The molecule has 300 valence electrons. The summed E-state index contributed by atoms with van der Waals surface area (Å²) in [4.78, 5) is 46.0. The van der Waals surface area contributed by atoms with Crippen molar-refractivity contribution in [2.75, 3.05) is 37.9 Å². The van der Waals surface area contributed by atoms with Crippen LogP contribution in [0.5, 0.6) is 0 Å². The first-order valence-electron chi connectivity index (χ1n) is 17.1. The maximum Gasteiger partial charge on any atom is 0.333 e. The van der Waals surface area contributed by atoms with Crippen LogP contribution in [0.1, 0.15) is 58.1 Å². The van der Waals surface area contributed by atoms with Crippen molar-refractivity contribution in [1.29, 1.82) is 0 Å². The third kappa shape index (κ3) is 24.2. The molecule has 0 aliphatic carbocycles. The first-order chi connectivity index (χ1) is 25.6. The van der Waals surface area contributed by atoms with Gasteiger partial charge >= 0.3 is 23.9 Å². The van der Waals surface area contributed by atoms with Crippen molar-refractivity contribution in [2.24, 2.45) is 5.92 Å². The van der Waals surface area contributed by atoms with E-state index in [2.05, 4.69) is 11.3 Å². The molecule has 0 fully saturated rings. The van der Waals surface area contributed by atoms with Crippen molar-refractivity contribution >= 4 is 102 Å². The molecule has 0 amide bonds. The lowest BCUT2D eigenvalue weighted by Gasteiger charge is -2.29. The fourth-order valence-corrected chi connectivity index (χ4v) is 9.82. The molecule has 0 aliphatic heterocycles. The molecule has 2 aromatic carbocycles. The van der Waals surface area contributed by atoms with E-state index in [9.17, 15) is 29.4 Å². The van der Waals surface area contributed by atoms with Crippen LogP contribution in [-0.2, 0) is 41.5 Å². The van der Waals surface area contributed by atoms with E-state index >= 15 is 0 Å². The van der Waals surface area contributed by atoms with Crippen molar-refractivity contribution in [3.05, 3.63) is 83.9 Å². The molecular formula is C38H52O10S6. The molecule has 54 heavy (non-hydrogen) atoms. The number of benzene rings is 2. The number of aliphatic hydroxyl groups is 2. The highest BCUT2D eigenvalue weighted by molar-refractivity contribution is 8.48. The molecule has 4 N–H and O–H groups in total. The smallest absolute Gasteiger partial charge is 0.333 e. The molecule has 0 aliphatic rings. The first-order valence-corrected chi connectivity index (χ1v) is 21.6. The summed E-state index contributed by atoms with van der Waals surface area (Å²) in [6.45, 7) is 10.0. The zero-order valence-corrected chi connectivity index (χ0v) is 36.0. The van der Waals surface area contributed by atoms with E-state index in [0.29, 0.717) is 28.4 Å². The molecule has 3 atom stereocenters. The molecule has 3 unspecified atom stereocenters. The highest BCUT2D eigenvalue weighted by atomic mass is 32.2. The van der Waals surface area contributed by atoms with E-state index in [1.54, 1.807) is 13.8 Å². The first kappa shape index (κ1) is 51.6. The monoisotopic (exact) mass is 860 g/mol. The van der Waals surface area contributed by atoms with Crippen LogP contribution in [0.3, 0.4) is 0 Å². The SMILES string of the molecule is C=C(C)C(=O)OCCO.CCSC(=S)SC(C)(CC(CCc1ccccc1)C(=O)O)C(=O)OCCO.CCSC(=S)SC(CCc1ccccc1)C(=O)O. The number of aryl methyl sites for hydroxylation is 2. The summed E-state index contributed by atoms with van der Waals surface area (Å²) < 4.78 is 9.75. The minimum Gasteiger partial charge on any atom is -0.481 e. The largest absolute Gasteiger partial charge is 0.481 e. The second-order valence-corrected chi connectivity index (χ2v) is 19.1. The standard InChI is InChI=1S/C19H26O5S3.C13H16O2S3.C6H10O3/c1-3-26-18(25)27-19(2,17(23)24-12-11-20)13-15(16(21)22)10-9-14-7-5-4-6-8-14;1-2-17-13(16)18-11(12(14)15)9-8-10-6-4-3-5-7-10;1-5(2)6(8)9-4-3-7/h4-8,15,20H,3,9-13H2,1-2H3,(H,21,22);3-7,11H,2,8-9H2,1H3,(H,14,15);7H,1,3-4H2,2H3. The van der Waals surface area contributed by atoms with Gasteiger partial charge < -0.3 is 29.9 Å². The minimum absolute atomic E-state index is 0.0473. The van der Waals surface area contributed by atoms with Gasteiger partial charge in [-0.2, -0.15) is 0 Å². The predicted octanol–water partition coefficient (Wildman–Crippen LogP) is 7.72. The molecule has 0 saturated heterocycles. The summed E-state index contributed by atoms with van der Waals surface area (Å²) in [6.07, 6.45) is 2.50. The van der Waals surface area contributed by atoms with E-state index < -0.39 is 39.8 Å². The number of carboxylic acids is 2. The summed E-state index contributed by atoms with van der Waals surface area (Å²) in [5.74, 6) is -1.79. The predicted molar refractivity (Wildman–Crippen MR) is 233 cm³/mol. The number of carbonyl (C=O) groups is 4. The number of aliphatic carboxylic acids is 2. The fraction of sp³-hybridized carbons (Fsp3) is 0.474. The summed E-state index contributed by atoms with van der Waals surface area (Å²) in [7, 11) is 0. The van der Waals surface area contributed by atoms with Gasteiger partial charge in [-0.05, 0) is 68.6 Å². The van der Waals surface area contributed by atoms with E-state index in [-0.39, 0.29) is 32.8 Å². The van der Waals surface area contributed by atoms with Crippen LogP contribution in [0.4, 0.5) is 0 Å². The Morgan fingerprint density at radius 2 is 1.26 bits per heavy atom. The number of carboxylic acid groups (broad SMARTS) is 2. The van der Waals surface area contributed by atoms with E-state index in [1.807, 2.05) is 74.5 Å². The molecule has 0 bridgehead atoms. The van der Waals surface area contributed by atoms with Crippen LogP contribution in [0.25, 0.3) is 0 Å². The summed E-state index contributed by atoms with van der Waals surface area (Å²) in [5.41, 5.74) is 2.57. The molecule has 0 aromatic heterocycles. The van der Waals surface area contributed by atoms with E-state index in [4.69, 9.17) is 39.4 Å². The normalized spacial score (nSPS) is 12.6. The Labute approximate surface area is 347 Å². The van der Waals surface area contributed by atoms with E-state index in [0.717, 1.165) is 27.0 Å². The topological polar surface area (TPSA) is 168 Å². The van der Waals surface area contributed by atoms with Crippen LogP contribution in [0, 0.1) is 5.92 Å². The zero-order valence-electron chi connectivity index (χ0n) is 31.1. The van der Waals surface area contributed by atoms with Gasteiger partial charge in [0.2, 0.25) is 0 Å². The summed E-state index contributed by atoms with van der Waals surface area (Å²) in [5, 5.41) is 35.5. The van der Waals surface area contributed by atoms with Gasteiger partial charge in [0.25, 0.3) is 0 Å². The molecule has 0 saturated carbocycles. The van der Waals surface area contributed by atoms with Crippen molar-refractivity contribution in [3.63, 3.8) is 0 Å². The molecule has 2 aromatic rings. The number of thioether (sulfide) groups is 4. The number of hydrogen-bond donors (Lipinski definition) is 4. The number of ether oxygens (including phenoxy) is 2. The van der Waals surface area contributed by atoms with E-state index in [1.165, 1.54) is 52.6 Å². The van der Waals surface area contributed by atoms with Crippen LogP contribution in [0.15, 0.2) is 72.8 Å². The van der Waals surface area contributed by atoms with Crippen LogP contribution < -0.4 is 0 Å². The Hall–Kier alpha value is -2.44. The van der Waals surface area contributed by atoms with Crippen molar-refractivity contribution in [2.45, 2.75) is 69.8 Å². The van der Waals surface area contributed by atoms with Crippen LogP contribution >= 0.6 is 71.5 Å². The fourth-order valence-electron chi connectivity index (χ4n) is 4.26. The van der Waals surface area contributed by atoms with Crippen LogP contribution in [-0.4, -0.2) is 99.3 Å². The maximum absolute atomic E-state index is 12.6. The second kappa shape index (κ2) is 30.7. The highest BCUT2D eigenvalue weighted by Gasteiger charge is 2.41. The third-order valence-electron chi connectivity index (χ3n) is 6.92. The summed E-state index contributed by atoms with van der Waals surface area (Å²) in [6, 6.07) is 19.6. The molecule has 10 nitrogen and oxygen atoms in total. The van der Waals surface area contributed by atoms with Gasteiger partial charge in [-0.1, -0.05) is 129 Å². The second-order valence-electron chi connectivity index (χ2n) is 11.4. The summed E-state index contributed by atoms with van der Waals surface area (Å²) >= 11 is 15.9. The quantitative estimate of drug-likeness (QED) is 0.0580. The van der Waals surface area contributed by atoms with Gasteiger partial charge in [0.15, 0.2) is 0 Å². The maximum atomic E-state index is 12.6. The minimum atomic E-state index is -1.12. The van der Waals surface area contributed by atoms with Gasteiger partial charge in [-0.15, -0.1) is 23.5 Å². The lowest BCUT2D eigenvalue weighted by atomic mass is 9.90. The van der Waals surface area contributed by atoms with Crippen molar-refractivity contribution in [1.82, 2.24) is 0 Å². The Bertz CT molecular complexity index is 1440. The lowest BCUT2D eigenvalue weighted by molar-refractivity contribution is -0.149. The number of esters is 2. The Morgan fingerprint density at radius 1 is 0.778 bits per heavy atom. The molecule has 0 radical (unpaired) electrons. The van der Waals surface area contributed by atoms with Gasteiger partial charge in [0.1, 0.15) is 30.3 Å². The average molecular weight is 861 g/mol. The Kier molecular flexibility index (Phi) is 29.4. The Balaban J connectivity index is 0.000000889. The molecule has 0 heterocycles. The number of rotatable bonds is 20. The van der Waals surface area contributed by atoms with Crippen LogP contribution in [0.2, 0.25) is 0 Å². The van der Waals surface area contributed by atoms with Gasteiger partial charge in [-0.25, -0.2) is 4.79 Å². The number of hydrogen-bond acceptors (Lipinski definition) is 14. The third-order valence-corrected chi connectivity index (χ3v) is 12.3. The molecule has 16 heteroatoms. The number of carbonyl (C=O) groups excluding carboxylic acids is 2. The molecular weight excluding hydrogens is 809 g/mol. The van der Waals surface area contributed by atoms with Crippen molar-refractivity contribution in [3.8, 4) is 0 Å². The van der Waals surface area contributed by atoms with Crippen molar-refractivity contribution < 1.29 is 49.1 Å². The molecule has 2 rings (SSSR count). The zero-order chi connectivity index (χ0) is 40.9. The lowest BCUT2D eigenvalue weighted by Crippen LogP contribution is -2.39. The van der Waals surface area contributed by atoms with Gasteiger partial charge in [-0.3, -0.25) is 14.4 Å². The number of thiocarbonyl (C=S) groups is 2.